The van der Waals surface area contributed by atoms with Crippen LogP contribution >= 0.6 is 0 Å². The minimum absolute atomic E-state index is 0.0431. The van der Waals surface area contributed by atoms with E-state index in [0.29, 0.717) is 12.1 Å². The third-order valence-electron chi connectivity index (χ3n) is 3.14. The van der Waals surface area contributed by atoms with Crippen LogP contribution in [-0.2, 0) is 4.79 Å². The summed E-state index contributed by atoms with van der Waals surface area (Å²) < 4.78 is 5.17. The summed E-state index contributed by atoms with van der Waals surface area (Å²) in [4.78, 5) is 22.0. The molecule has 0 spiro atoms. The van der Waals surface area contributed by atoms with Gasteiger partial charge in [-0.1, -0.05) is 0 Å². The number of fused-ring (bicyclic) bond motifs is 1. The zero-order valence-corrected chi connectivity index (χ0v) is 11.8. The van der Waals surface area contributed by atoms with E-state index in [1.807, 2.05) is 13.8 Å². The van der Waals surface area contributed by atoms with Crippen LogP contribution in [0.2, 0.25) is 0 Å². The molecule has 1 amide bonds. The maximum Gasteiger partial charge on any atom is 0.296 e. The van der Waals surface area contributed by atoms with E-state index in [1.165, 1.54) is 12.1 Å². The van der Waals surface area contributed by atoms with E-state index in [9.17, 15) is 14.9 Å². The van der Waals surface area contributed by atoms with Gasteiger partial charge in [0, 0.05) is 12.1 Å². The van der Waals surface area contributed by atoms with Crippen LogP contribution < -0.4 is 15.4 Å². The van der Waals surface area contributed by atoms with E-state index in [0.717, 1.165) is 0 Å². The lowest BCUT2D eigenvalue weighted by Gasteiger charge is -2.27. The summed E-state index contributed by atoms with van der Waals surface area (Å²) in [7, 11) is 0. The number of nitrogens with one attached hydrogen (secondary N) is 2. The second-order valence-corrected chi connectivity index (χ2v) is 5.44. The topological polar surface area (TPSA) is 114 Å². The Morgan fingerprint density at radius 3 is 2.86 bits per heavy atom. The molecule has 0 aromatic heterocycles. The molecule has 0 unspecified atom stereocenters. The van der Waals surface area contributed by atoms with Gasteiger partial charge in [0.05, 0.1) is 16.7 Å². The second-order valence-electron chi connectivity index (χ2n) is 5.44. The van der Waals surface area contributed by atoms with Crippen LogP contribution in [0.15, 0.2) is 12.1 Å². The van der Waals surface area contributed by atoms with Crippen LogP contribution in [0.1, 0.15) is 20.3 Å². The summed E-state index contributed by atoms with van der Waals surface area (Å²) in [5.74, 6) is -0.0382. The van der Waals surface area contributed by atoms with E-state index >= 15 is 0 Å². The number of carbonyl (C=O) groups is 1. The molecular formula is C13H17N3O5. The molecule has 0 fully saturated rings. The monoisotopic (exact) mass is 295 g/mol. The van der Waals surface area contributed by atoms with Gasteiger partial charge in [-0.3, -0.25) is 14.9 Å². The van der Waals surface area contributed by atoms with Gasteiger partial charge in [0.15, 0.2) is 12.4 Å². The fraction of sp³-hybridized carbons (Fsp3) is 0.462. The average Bonchev–Trinajstić information content (AvgIpc) is 2.36. The van der Waals surface area contributed by atoms with E-state index in [-0.39, 0.29) is 36.2 Å². The number of amides is 1. The Hall–Kier alpha value is -2.35. The molecule has 0 saturated carbocycles. The molecular weight excluding hydrogens is 278 g/mol. The third-order valence-corrected chi connectivity index (χ3v) is 3.14. The summed E-state index contributed by atoms with van der Waals surface area (Å²) in [6.45, 7) is 3.44. The summed E-state index contributed by atoms with van der Waals surface area (Å²) in [5.41, 5.74) is -0.0224. The molecule has 2 rings (SSSR count). The molecule has 1 aromatic carbocycles. The molecule has 114 valence electrons. The Bertz CT molecular complexity index is 585. The standard InChI is InChI=1S/C13H17N3O5/c1-13(2,3-4-17)15-8-5-9-11(6-10(8)16(19)20)21-7-12(18)14-9/h5-6,15,17H,3-4,7H2,1-2H3,(H,14,18). The minimum Gasteiger partial charge on any atom is -0.481 e. The molecule has 8 heteroatoms. The van der Waals surface area contributed by atoms with Crippen LogP contribution in [-0.4, -0.2) is 34.7 Å². The average molecular weight is 295 g/mol. The highest BCUT2D eigenvalue weighted by atomic mass is 16.6. The SMILES string of the molecule is CC(C)(CCO)Nc1cc2c(cc1[N+](=O)[O-])OCC(=O)N2. The molecule has 0 saturated heterocycles. The second kappa shape index (κ2) is 5.57. The first-order valence-electron chi connectivity index (χ1n) is 6.46. The molecule has 1 aliphatic heterocycles. The maximum atomic E-state index is 11.3. The molecule has 1 heterocycles. The highest BCUT2D eigenvalue weighted by molar-refractivity contribution is 5.96. The van der Waals surface area contributed by atoms with Crippen molar-refractivity contribution < 1.29 is 19.6 Å². The lowest BCUT2D eigenvalue weighted by molar-refractivity contribution is -0.384. The lowest BCUT2D eigenvalue weighted by atomic mass is 10.0. The predicted molar refractivity (Wildman–Crippen MR) is 76.6 cm³/mol. The molecule has 3 N–H and O–H groups in total. The summed E-state index contributed by atoms with van der Waals surface area (Å²) >= 11 is 0. The lowest BCUT2D eigenvalue weighted by Crippen LogP contribution is -2.32. The Kier molecular flexibility index (Phi) is 3.99. The van der Waals surface area contributed by atoms with Crippen LogP contribution in [0.4, 0.5) is 17.1 Å². The zero-order chi connectivity index (χ0) is 15.6. The van der Waals surface area contributed by atoms with Crippen molar-refractivity contribution in [3.8, 4) is 5.75 Å². The van der Waals surface area contributed by atoms with Crippen molar-refractivity contribution in [2.24, 2.45) is 0 Å². The van der Waals surface area contributed by atoms with Crippen molar-refractivity contribution in [3.05, 3.63) is 22.2 Å². The van der Waals surface area contributed by atoms with E-state index in [2.05, 4.69) is 10.6 Å². The largest absolute Gasteiger partial charge is 0.481 e. The Balaban J connectivity index is 2.41. The van der Waals surface area contributed by atoms with E-state index < -0.39 is 10.5 Å². The maximum absolute atomic E-state index is 11.3. The first-order valence-corrected chi connectivity index (χ1v) is 6.46. The van der Waals surface area contributed by atoms with Crippen molar-refractivity contribution in [3.63, 3.8) is 0 Å². The van der Waals surface area contributed by atoms with Crippen LogP contribution in [0.3, 0.4) is 0 Å². The quantitative estimate of drug-likeness (QED) is 0.560. The number of anilines is 2. The molecule has 21 heavy (non-hydrogen) atoms. The molecule has 0 aliphatic carbocycles. The van der Waals surface area contributed by atoms with Crippen molar-refractivity contribution in [2.45, 2.75) is 25.8 Å². The summed E-state index contributed by atoms with van der Waals surface area (Å²) in [6.07, 6.45) is 0.421. The molecule has 0 radical (unpaired) electrons. The fourth-order valence-electron chi connectivity index (χ4n) is 2.07. The number of ether oxygens (including phenoxy) is 1. The first-order chi connectivity index (χ1) is 9.82. The smallest absolute Gasteiger partial charge is 0.296 e. The van der Waals surface area contributed by atoms with E-state index in [4.69, 9.17) is 9.84 Å². The molecule has 0 atom stereocenters. The first kappa shape index (κ1) is 15.0. The van der Waals surface area contributed by atoms with Crippen LogP contribution in [0.5, 0.6) is 5.75 Å². The number of hydrogen-bond donors (Lipinski definition) is 3. The number of nitro groups is 1. The van der Waals surface area contributed by atoms with Crippen LogP contribution in [0, 0.1) is 10.1 Å². The number of benzene rings is 1. The minimum atomic E-state index is -0.534. The number of aliphatic hydroxyl groups is 1. The zero-order valence-electron chi connectivity index (χ0n) is 11.8. The number of aliphatic hydroxyl groups excluding tert-OH is 1. The van der Waals surface area contributed by atoms with Gasteiger partial charge in [-0.2, -0.15) is 0 Å². The normalized spacial score (nSPS) is 14.0. The molecule has 0 bridgehead atoms. The van der Waals surface area contributed by atoms with Gasteiger partial charge < -0.3 is 20.5 Å². The third kappa shape index (κ3) is 3.40. The Labute approximate surface area is 121 Å². The molecule has 8 nitrogen and oxygen atoms in total. The summed E-state index contributed by atoms with van der Waals surface area (Å²) in [6, 6.07) is 2.76. The van der Waals surface area contributed by atoms with Gasteiger partial charge in [0.1, 0.15) is 5.69 Å². The number of nitro benzene ring substituents is 1. The van der Waals surface area contributed by atoms with Crippen molar-refractivity contribution in [2.75, 3.05) is 23.8 Å². The highest BCUT2D eigenvalue weighted by Gasteiger charge is 2.27. The Morgan fingerprint density at radius 1 is 1.52 bits per heavy atom. The molecule has 1 aliphatic rings. The van der Waals surface area contributed by atoms with Gasteiger partial charge >= 0.3 is 0 Å². The van der Waals surface area contributed by atoms with Gasteiger partial charge in [0.2, 0.25) is 0 Å². The predicted octanol–water partition coefficient (Wildman–Crippen LogP) is 1.50. The number of rotatable bonds is 5. The van der Waals surface area contributed by atoms with Crippen molar-refractivity contribution >= 4 is 23.0 Å². The highest BCUT2D eigenvalue weighted by Crippen LogP contribution is 2.39. The van der Waals surface area contributed by atoms with Gasteiger partial charge in [-0.25, -0.2) is 0 Å². The number of carbonyl (C=O) groups excluding carboxylic acids is 1. The van der Waals surface area contributed by atoms with Gasteiger partial charge in [-0.15, -0.1) is 0 Å². The number of hydrogen-bond acceptors (Lipinski definition) is 6. The fourth-order valence-corrected chi connectivity index (χ4v) is 2.07. The molecule has 1 aromatic rings. The van der Waals surface area contributed by atoms with Gasteiger partial charge in [0.25, 0.3) is 11.6 Å². The van der Waals surface area contributed by atoms with Gasteiger partial charge in [-0.05, 0) is 26.3 Å². The Morgan fingerprint density at radius 2 is 2.24 bits per heavy atom. The van der Waals surface area contributed by atoms with Crippen molar-refractivity contribution in [1.29, 1.82) is 0 Å². The summed E-state index contributed by atoms with van der Waals surface area (Å²) in [5, 5.41) is 25.9. The van der Waals surface area contributed by atoms with E-state index in [1.54, 1.807) is 0 Å². The van der Waals surface area contributed by atoms with Crippen LogP contribution in [0.25, 0.3) is 0 Å². The number of nitrogens with zero attached hydrogens (tertiary/aromatic N) is 1. The van der Waals surface area contributed by atoms with Crippen molar-refractivity contribution in [1.82, 2.24) is 0 Å².